The van der Waals surface area contributed by atoms with Gasteiger partial charge in [0.05, 0.1) is 18.2 Å². The smallest absolute Gasteiger partial charge is 0.241 e. The standard InChI is InChI=1S/C10H11BrClN3O2/c11-6-2-1-5(12)3-8(6)15-10(17)7(13)4-9(14)16/h1-3,7H,4,13H2,(H2,14,16)(H,15,17). The van der Waals surface area contributed by atoms with Gasteiger partial charge >= 0.3 is 0 Å². The molecule has 1 atom stereocenters. The molecule has 0 aliphatic rings. The zero-order valence-electron chi connectivity index (χ0n) is 8.74. The normalized spacial score (nSPS) is 11.9. The molecule has 0 radical (unpaired) electrons. The summed E-state index contributed by atoms with van der Waals surface area (Å²) >= 11 is 9.04. The third-order valence-corrected chi connectivity index (χ3v) is 2.87. The SMILES string of the molecule is NC(=O)CC(N)C(=O)Nc1cc(Cl)ccc1Br. The number of hydrogen-bond donors (Lipinski definition) is 3. The van der Waals surface area contributed by atoms with Gasteiger partial charge in [-0.15, -0.1) is 0 Å². The highest BCUT2D eigenvalue weighted by Gasteiger charge is 2.16. The lowest BCUT2D eigenvalue weighted by Crippen LogP contribution is -2.39. The summed E-state index contributed by atoms with van der Waals surface area (Å²) in [6.45, 7) is 0. The molecule has 1 rings (SSSR count). The summed E-state index contributed by atoms with van der Waals surface area (Å²) in [5.41, 5.74) is 10.9. The summed E-state index contributed by atoms with van der Waals surface area (Å²) in [6.07, 6.45) is -0.204. The molecule has 0 aliphatic heterocycles. The number of benzene rings is 1. The van der Waals surface area contributed by atoms with Gasteiger partial charge in [0.1, 0.15) is 0 Å². The Morgan fingerprint density at radius 2 is 2.12 bits per heavy atom. The first-order valence-corrected chi connectivity index (χ1v) is 5.87. The van der Waals surface area contributed by atoms with Gasteiger partial charge < -0.3 is 16.8 Å². The maximum absolute atomic E-state index is 11.6. The molecule has 1 aromatic carbocycles. The second-order valence-electron chi connectivity index (χ2n) is 3.39. The third kappa shape index (κ3) is 4.33. The summed E-state index contributed by atoms with van der Waals surface area (Å²) in [7, 11) is 0. The highest BCUT2D eigenvalue weighted by atomic mass is 79.9. The average molecular weight is 321 g/mol. The van der Waals surface area contributed by atoms with Crippen LogP contribution in [-0.4, -0.2) is 17.9 Å². The summed E-state index contributed by atoms with van der Waals surface area (Å²) in [5, 5.41) is 3.03. The summed E-state index contributed by atoms with van der Waals surface area (Å²) in [6, 6.07) is 3.96. The van der Waals surface area contributed by atoms with Crippen LogP contribution in [0.5, 0.6) is 0 Å². The minimum absolute atomic E-state index is 0.204. The van der Waals surface area contributed by atoms with Gasteiger partial charge in [-0.05, 0) is 34.1 Å². The molecule has 0 fully saturated rings. The number of anilines is 1. The van der Waals surface area contributed by atoms with Crippen molar-refractivity contribution in [3.63, 3.8) is 0 Å². The monoisotopic (exact) mass is 319 g/mol. The second-order valence-corrected chi connectivity index (χ2v) is 4.68. The molecule has 0 saturated heterocycles. The number of amides is 2. The number of hydrogen-bond acceptors (Lipinski definition) is 3. The maximum atomic E-state index is 11.6. The van der Waals surface area contributed by atoms with E-state index in [1.165, 1.54) is 0 Å². The Morgan fingerprint density at radius 1 is 1.47 bits per heavy atom. The van der Waals surface area contributed by atoms with Gasteiger partial charge in [0, 0.05) is 9.50 Å². The molecule has 0 saturated carbocycles. The van der Waals surface area contributed by atoms with Crippen LogP contribution in [0.25, 0.3) is 0 Å². The predicted octanol–water partition coefficient (Wildman–Crippen LogP) is 1.24. The van der Waals surface area contributed by atoms with E-state index < -0.39 is 17.9 Å². The Kier molecular flexibility index (Phi) is 4.92. The van der Waals surface area contributed by atoms with Crippen molar-refractivity contribution in [3.8, 4) is 0 Å². The lowest BCUT2D eigenvalue weighted by molar-refractivity contribution is -0.123. The molecule has 17 heavy (non-hydrogen) atoms. The number of rotatable bonds is 4. The van der Waals surface area contributed by atoms with Crippen LogP contribution in [0.1, 0.15) is 6.42 Å². The molecular weight excluding hydrogens is 309 g/mol. The molecule has 0 aromatic heterocycles. The first kappa shape index (κ1) is 14.0. The summed E-state index contributed by atoms with van der Waals surface area (Å²) in [5.74, 6) is -1.12. The van der Waals surface area contributed by atoms with E-state index in [2.05, 4.69) is 21.2 Å². The van der Waals surface area contributed by atoms with Crippen LogP contribution < -0.4 is 16.8 Å². The highest BCUT2D eigenvalue weighted by Crippen LogP contribution is 2.25. The van der Waals surface area contributed by atoms with Gasteiger partial charge in [-0.25, -0.2) is 0 Å². The minimum Gasteiger partial charge on any atom is -0.370 e. The fourth-order valence-electron chi connectivity index (χ4n) is 1.13. The molecule has 1 unspecified atom stereocenters. The van der Waals surface area contributed by atoms with Crippen molar-refractivity contribution >= 4 is 45.0 Å². The molecule has 0 aliphatic carbocycles. The van der Waals surface area contributed by atoms with Crippen LogP contribution in [0.4, 0.5) is 5.69 Å². The minimum atomic E-state index is -0.974. The first-order chi connectivity index (χ1) is 7.90. The van der Waals surface area contributed by atoms with E-state index in [0.29, 0.717) is 15.2 Å². The maximum Gasteiger partial charge on any atom is 0.241 e. The lowest BCUT2D eigenvalue weighted by atomic mass is 10.2. The van der Waals surface area contributed by atoms with Crippen molar-refractivity contribution in [2.75, 3.05) is 5.32 Å². The number of halogens is 2. The molecule has 2 amide bonds. The molecule has 92 valence electrons. The van der Waals surface area contributed by atoms with Gasteiger partial charge in [-0.2, -0.15) is 0 Å². The number of nitrogens with one attached hydrogen (secondary N) is 1. The van der Waals surface area contributed by atoms with Crippen molar-refractivity contribution in [2.45, 2.75) is 12.5 Å². The van der Waals surface area contributed by atoms with E-state index in [9.17, 15) is 9.59 Å². The van der Waals surface area contributed by atoms with Crippen LogP contribution in [-0.2, 0) is 9.59 Å². The quantitative estimate of drug-likeness (QED) is 0.778. The Labute approximate surface area is 112 Å². The number of primary amides is 1. The number of carbonyl (C=O) groups is 2. The van der Waals surface area contributed by atoms with Crippen LogP contribution in [0.15, 0.2) is 22.7 Å². The van der Waals surface area contributed by atoms with Crippen molar-refractivity contribution < 1.29 is 9.59 Å². The van der Waals surface area contributed by atoms with Crippen LogP contribution >= 0.6 is 27.5 Å². The first-order valence-electron chi connectivity index (χ1n) is 4.70. The molecule has 5 nitrogen and oxygen atoms in total. The second kappa shape index (κ2) is 6.00. The molecule has 0 spiro atoms. The van der Waals surface area contributed by atoms with Crippen LogP contribution in [0, 0.1) is 0 Å². The molecule has 7 heteroatoms. The zero-order chi connectivity index (χ0) is 13.0. The Morgan fingerprint density at radius 3 is 2.71 bits per heavy atom. The lowest BCUT2D eigenvalue weighted by Gasteiger charge is -2.12. The molecule has 5 N–H and O–H groups in total. The fraction of sp³-hybridized carbons (Fsp3) is 0.200. The zero-order valence-corrected chi connectivity index (χ0v) is 11.1. The van der Waals surface area contributed by atoms with Gasteiger partial charge in [0.15, 0.2) is 0 Å². The fourth-order valence-corrected chi connectivity index (χ4v) is 1.65. The van der Waals surface area contributed by atoms with Crippen molar-refractivity contribution in [1.82, 2.24) is 0 Å². The van der Waals surface area contributed by atoms with Gasteiger partial charge in [-0.3, -0.25) is 9.59 Å². The predicted molar refractivity (Wildman–Crippen MR) is 69.6 cm³/mol. The Bertz CT molecular complexity index is 453. The van der Waals surface area contributed by atoms with Crippen molar-refractivity contribution in [2.24, 2.45) is 11.5 Å². The van der Waals surface area contributed by atoms with Crippen molar-refractivity contribution in [3.05, 3.63) is 27.7 Å². The van der Waals surface area contributed by atoms with E-state index in [1.54, 1.807) is 18.2 Å². The molecule has 0 heterocycles. The van der Waals surface area contributed by atoms with Gasteiger partial charge in [0.25, 0.3) is 0 Å². The van der Waals surface area contributed by atoms with E-state index in [1.807, 2.05) is 0 Å². The Hall–Kier alpha value is -1.11. The highest BCUT2D eigenvalue weighted by molar-refractivity contribution is 9.10. The summed E-state index contributed by atoms with van der Waals surface area (Å²) in [4.78, 5) is 22.2. The van der Waals surface area contributed by atoms with Gasteiger partial charge in [0.2, 0.25) is 11.8 Å². The summed E-state index contributed by atoms with van der Waals surface area (Å²) < 4.78 is 0.668. The largest absolute Gasteiger partial charge is 0.370 e. The Balaban J connectivity index is 2.73. The molecular formula is C10H11BrClN3O2. The number of carbonyl (C=O) groups excluding carboxylic acids is 2. The third-order valence-electron chi connectivity index (χ3n) is 1.94. The van der Waals surface area contributed by atoms with E-state index in [-0.39, 0.29) is 6.42 Å². The van der Waals surface area contributed by atoms with E-state index >= 15 is 0 Å². The van der Waals surface area contributed by atoms with E-state index in [0.717, 1.165) is 0 Å². The van der Waals surface area contributed by atoms with Crippen LogP contribution in [0.3, 0.4) is 0 Å². The van der Waals surface area contributed by atoms with Crippen LogP contribution in [0.2, 0.25) is 5.02 Å². The number of nitrogens with two attached hydrogens (primary N) is 2. The molecule has 1 aromatic rings. The van der Waals surface area contributed by atoms with Crippen molar-refractivity contribution in [1.29, 1.82) is 0 Å². The van der Waals surface area contributed by atoms with Gasteiger partial charge in [-0.1, -0.05) is 11.6 Å². The molecule has 0 bridgehead atoms. The van der Waals surface area contributed by atoms with E-state index in [4.69, 9.17) is 23.1 Å². The topological polar surface area (TPSA) is 98.2 Å². The average Bonchev–Trinajstić information content (AvgIpc) is 2.22.